The minimum Gasteiger partial charge on any atom is -0.497 e. The largest absolute Gasteiger partial charge is 0.497 e. The van der Waals surface area contributed by atoms with Gasteiger partial charge in [0.15, 0.2) is 11.6 Å². The monoisotopic (exact) mass is 826 g/mol. The highest BCUT2D eigenvalue weighted by molar-refractivity contribution is 7.91. The molecule has 0 spiro atoms. The molecule has 11 nitrogen and oxygen atoms in total. The number of carbonyl (C=O) groups excluding carboxylic acids is 2. The summed E-state index contributed by atoms with van der Waals surface area (Å²) < 4.78 is 82.9. The molecule has 59 heavy (non-hydrogen) atoms. The highest BCUT2D eigenvalue weighted by Crippen LogP contribution is 2.33. The van der Waals surface area contributed by atoms with Crippen LogP contribution < -0.4 is 18.9 Å². The normalized spacial score (nSPS) is 11.4. The number of benzene rings is 7. The van der Waals surface area contributed by atoms with Crippen molar-refractivity contribution in [2.75, 3.05) is 7.11 Å². The van der Waals surface area contributed by atoms with Crippen LogP contribution in [0.4, 0.5) is 0 Å². The summed E-state index contributed by atoms with van der Waals surface area (Å²) in [6.45, 7) is 1.70. The van der Waals surface area contributed by atoms with Crippen LogP contribution >= 0.6 is 0 Å². The van der Waals surface area contributed by atoms with Crippen LogP contribution in [0.25, 0.3) is 0 Å². The molecule has 0 heterocycles. The fraction of sp³-hybridized carbons (Fsp3) is 0.0435. The lowest BCUT2D eigenvalue weighted by Crippen LogP contribution is -2.08. The van der Waals surface area contributed by atoms with Crippen molar-refractivity contribution >= 4 is 31.5 Å². The van der Waals surface area contributed by atoms with Gasteiger partial charge in [-0.05, 0) is 140 Å². The average Bonchev–Trinajstić information content (AvgIpc) is 3.24. The van der Waals surface area contributed by atoms with Gasteiger partial charge < -0.3 is 18.9 Å². The van der Waals surface area contributed by atoms with E-state index in [-0.39, 0.29) is 38.2 Å². The van der Waals surface area contributed by atoms with Crippen molar-refractivity contribution in [1.82, 2.24) is 0 Å². The Morgan fingerprint density at radius 2 is 0.932 bits per heavy atom. The molecular weight excluding hydrogens is 793 g/mol. The molecule has 0 saturated carbocycles. The summed E-state index contributed by atoms with van der Waals surface area (Å²) in [5.74, 6) is 2.37. The predicted molar refractivity (Wildman–Crippen MR) is 219 cm³/mol. The molecule has 0 atom stereocenters. The minimum absolute atomic E-state index is 0.000343. The molecule has 0 aliphatic heterocycles. The van der Waals surface area contributed by atoms with Crippen LogP contribution in [-0.4, -0.2) is 40.1 Å². The molecule has 0 unspecified atom stereocenters. The van der Waals surface area contributed by atoms with E-state index in [1.807, 2.05) is 12.1 Å². The van der Waals surface area contributed by atoms with Crippen molar-refractivity contribution in [3.05, 3.63) is 192 Å². The Labute approximate surface area is 340 Å². The van der Waals surface area contributed by atoms with Crippen LogP contribution in [0.5, 0.6) is 40.2 Å². The third kappa shape index (κ3) is 9.24. The molecule has 13 heteroatoms. The van der Waals surface area contributed by atoms with E-state index < -0.39 is 30.6 Å². The lowest BCUT2D eigenvalue weighted by atomic mass is 9.98. The third-order valence-corrected chi connectivity index (χ3v) is 11.7. The molecule has 0 saturated heterocycles. The topological polar surface area (TPSA) is 160 Å². The summed E-state index contributed by atoms with van der Waals surface area (Å²) in [7, 11) is -6.90. The van der Waals surface area contributed by atoms with Crippen LogP contribution in [0.3, 0.4) is 0 Å². The van der Waals surface area contributed by atoms with Gasteiger partial charge >= 0.3 is 0 Å². The Kier molecular flexibility index (Phi) is 11.4. The molecule has 296 valence electrons. The maximum Gasteiger partial charge on any atom is 0.294 e. The standard InChI is InChI=1S/C46H34O11S2/c1-30-6-3-11-43(44(30)46(48)33-7-4-10-42(28-33)59(51,52)53)57-37-22-26-41(27-23-37)58(49,50)40-24-20-36(21-25-40)55-34-16-12-31(13-17-34)45(47)32-14-18-35(19-15-32)56-39-9-5-8-38(29-39)54-2/h3-29H,1-2H3,(H,51,52,53). The van der Waals surface area contributed by atoms with Gasteiger partial charge in [0.1, 0.15) is 40.2 Å². The first-order valence-electron chi connectivity index (χ1n) is 17.9. The van der Waals surface area contributed by atoms with E-state index in [9.17, 15) is 31.0 Å². The number of ketones is 2. The molecule has 7 rings (SSSR count). The van der Waals surface area contributed by atoms with Crippen molar-refractivity contribution in [3.63, 3.8) is 0 Å². The molecular formula is C46H34O11S2. The van der Waals surface area contributed by atoms with E-state index in [4.69, 9.17) is 18.9 Å². The van der Waals surface area contributed by atoms with E-state index in [1.165, 1.54) is 66.7 Å². The van der Waals surface area contributed by atoms with Gasteiger partial charge in [-0.2, -0.15) is 8.42 Å². The number of carbonyl (C=O) groups is 2. The van der Waals surface area contributed by atoms with E-state index >= 15 is 0 Å². The van der Waals surface area contributed by atoms with E-state index in [1.54, 1.807) is 92.9 Å². The van der Waals surface area contributed by atoms with E-state index in [0.29, 0.717) is 45.4 Å². The maximum absolute atomic E-state index is 13.5. The Morgan fingerprint density at radius 3 is 1.47 bits per heavy atom. The van der Waals surface area contributed by atoms with Crippen LogP contribution in [0.1, 0.15) is 37.4 Å². The maximum atomic E-state index is 13.5. The van der Waals surface area contributed by atoms with Crippen molar-refractivity contribution in [2.45, 2.75) is 21.6 Å². The fourth-order valence-electron chi connectivity index (χ4n) is 6.05. The lowest BCUT2D eigenvalue weighted by Gasteiger charge is -2.14. The Hall–Kier alpha value is -7.06. The van der Waals surface area contributed by atoms with Crippen LogP contribution in [0.15, 0.2) is 178 Å². The number of rotatable bonds is 14. The first-order valence-corrected chi connectivity index (χ1v) is 20.8. The number of ether oxygens (including phenoxy) is 4. The average molecular weight is 827 g/mol. The number of hydrogen-bond donors (Lipinski definition) is 1. The van der Waals surface area contributed by atoms with E-state index in [2.05, 4.69) is 0 Å². The highest BCUT2D eigenvalue weighted by atomic mass is 32.2. The molecule has 1 N–H and O–H groups in total. The second-order valence-corrected chi connectivity index (χ2v) is 16.5. The van der Waals surface area contributed by atoms with Gasteiger partial charge in [0.05, 0.1) is 27.4 Å². The molecule has 0 radical (unpaired) electrons. The zero-order valence-electron chi connectivity index (χ0n) is 31.4. The summed E-state index contributed by atoms with van der Waals surface area (Å²) in [6, 6.07) is 42.2. The van der Waals surface area contributed by atoms with Gasteiger partial charge in [-0.1, -0.05) is 30.3 Å². The second-order valence-electron chi connectivity index (χ2n) is 13.1. The number of hydrogen-bond acceptors (Lipinski definition) is 10. The fourth-order valence-corrected chi connectivity index (χ4v) is 7.84. The second kappa shape index (κ2) is 16.8. The van der Waals surface area contributed by atoms with Crippen molar-refractivity contribution in [2.24, 2.45) is 0 Å². The Bertz CT molecular complexity index is 2890. The number of sulfone groups is 1. The molecule has 7 aromatic rings. The van der Waals surface area contributed by atoms with Crippen molar-refractivity contribution < 1.29 is 49.9 Å². The highest BCUT2D eigenvalue weighted by Gasteiger charge is 2.22. The molecule has 0 bridgehead atoms. The molecule has 7 aromatic carbocycles. The van der Waals surface area contributed by atoms with Gasteiger partial charge in [0.2, 0.25) is 9.84 Å². The minimum atomic E-state index is -4.53. The Balaban J connectivity index is 0.982. The first kappa shape index (κ1) is 40.1. The zero-order valence-corrected chi connectivity index (χ0v) is 33.1. The molecule has 0 aliphatic rings. The zero-order chi connectivity index (χ0) is 41.7. The van der Waals surface area contributed by atoms with Crippen molar-refractivity contribution in [3.8, 4) is 40.2 Å². The first-order chi connectivity index (χ1) is 28.3. The third-order valence-electron chi connectivity index (χ3n) is 9.10. The molecule has 0 fully saturated rings. The summed E-state index contributed by atoms with van der Waals surface area (Å²) in [5.41, 5.74) is 1.68. The van der Waals surface area contributed by atoms with Crippen LogP contribution in [0.2, 0.25) is 0 Å². The van der Waals surface area contributed by atoms with Gasteiger partial charge in [0, 0.05) is 22.8 Å². The summed E-state index contributed by atoms with van der Waals surface area (Å²) >= 11 is 0. The van der Waals surface area contributed by atoms with Gasteiger partial charge in [-0.25, -0.2) is 8.42 Å². The smallest absolute Gasteiger partial charge is 0.294 e. The lowest BCUT2D eigenvalue weighted by molar-refractivity contribution is 0.102. The quantitative estimate of drug-likeness (QED) is 0.0821. The van der Waals surface area contributed by atoms with Crippen LogP contribution in [-0.2, 0) is 20.0 Å². The SMILES string of the molecule is COc1cccc(Oc2ccc(C(=O)c3ccc(Oc4ccc(S(=O)(=O)c5ccc(Oc6cccc(C)c6C(=O)c6cccc(S(=O)(=O)O)c6)cc5)cc4)cc3)cc2)c1. The summed E-state index contributed by atoms with van der Waals surface area (Å²) in [5, 5.41) is 0. The van der Waals surface area contributed by atoms with E-state index in [0.717, 1.165) is 6.07 Å². The molecule has 0 aliphatic carbocycles. The van der Waals surface area contributed by atoms with Gasteiger partial charge in [-0.15, -0.1) is 0 Å². The van der Waals surface area contributed by atoms with Crippen molar-refractivity contribution in [1.29, 1.82) is 0 Å². The Morgan fingerprint density at radius 1 is 0.458 bits per heavy atom. The van der Waals surface area contributed by atoms with Gasteiger partial charge in [-0.3, -0.25) is 14.1 Å². The van der Waals surface area contributed by atoms with Crippen LogP contribution in [0, 0.1) is 6.92 Å². The van der Waals surface area contributed by atoms with Gasteiger partial charge in [0.25, 0.3) is 10.1 Å². The summed E-state index contributed by atoms with van der Waals surface area (Å²) in [4.78, 5) is 26.3. The molecule has 0 amide bonds. The number of methoxy groups -OCH3 is 1. The summed E-state index contributed by atoms with van der Waals surface area (Å²) in [6.07, 6.45) is 0. The number of aryl methyl sites for hydroxylation is 1. The molecule has 0 aromatic heterocycles. The predicted octanol–water partition coefficient (Wildman–Crippen LogP) is 9.92.